The van der Waals surface area contributed by atoms with Crippen LogP contribution in [0.1, 0.15) is 31.4 Å². The van der Waals surface area contributed by atoms with Crippen molar-refractivity contribution >= 4 is 6.02 Å². The molecule has 0 unspecified atom stereocenters. The van der Waals surface area contributed by atoms with Crippen LogP contribution in [0.5, 0.6) is 0 Å². The van der Waals surface area contributed by atoms with Crippen LogP contribution in [0.25, 0.3) is 11.1 Å². The lowest BCUT2D eigenvalue weighted by Gasteiger charge is -2.36. The molecule has 2 heterocycles. The van der Waals surface area contributed by atoms with Gasteiger partial charge in [-0.1, -0.05) is 12.0 Å². The Morgan fingerprint density at radius 3 is 2.62 bits per heavy atom. The number of hydrogen-bond donors (Lipinski definition) is 1. The minimum atomic E-state index is -4.61. The van der Waals surface area contributed by atoms with E-state index in [0.717, 1.165) is 0 Å². The average molecular weight is 405 g/mol. The first-order chi connectivity index (χ1) is 13.7. The van der Waals surface area contributed by atoms with Crippen molar-refractivity contribution in [1.29, 1.82) is 0 Å². The number of amidine groups is 1. The Bertz CT molecular complexity index is 1010. The van der Waals surface area contributed by atoms with Crippen LogP contribution < -0.4 is 5.32 Å². The summed E-state index contributed by atoms with van der Waals surface area (Å²) < 4.78 is 59.6. The molecule has 1 N–H and O–H groups in total. The summed E-state index contributed by atoms with van der Waals surface area (Å²) in [5.41, 5.74) is 0.539. The zero-order valence-electron chi connectivity index (χ0n) is 16.1. The van der Waals surface area contributed by atoms with Gasteiger partial charge in [-0.15, -0.1) is 5.92 Å². The quantitative estimate of drug-likeness (QED) is 0.595. The van der Waals surface area contributed by atoms with E-state index in [1.807, 2.05) is 0 Å². The largest absolute Gasteiger partial charge is 0.452 e. The smallest absolute Gasteiger partial charge is 0.425 e. The number of pyridine rings is 1. The first kappa shape index (κ1) is 20.6. The van der Waals surface area contributed by atoms with Crippen molar-refractivity contribution in [1.82, 2.24) is 10.3 Å². The molecule has 0 aliphatic carbocycles. The van der Waals surface area contributed by atoms with E-state index in [4.69, 9.17) is 4.74 Å². The number of halogens is 4. The van der Waals surface area contributed by atoms with Crippen molar-refractivity contribution in [2.24, 2.45) is 4.99 Å². The summed E-state index contributed by atoms with van der Waals surface area (Å²) >= 11 is 0. The second-order valence-electron chi connectivity index (χ2n) is 6.82. The number of aliphatic imine (C=N–C) groups is 1. The van der Waals surface area contributed by atoms with Gasteiger partial charge in [-0.05, 0) is 37.6 Å². The fraction of sp³-hybridized carbons (Fsp3) is 0.333. The van der Waals surface area contributed by atoms with Crippen LogP contribution in [0.3, 0.4) is 0 Å². The van der Waals surface area contributed by atoms with Crippen LogP contribution >= 0.6 is 0 Å². The number of ether oxygens (including phenoxy) is 1. The lowest BCUT2D eigenvalue weighted by molar-refractivity contribution is -0.208. The number of hydrogen-bond acceptors (Lipinski definition) is 4. The summed E-state index contributed by atoms with van der Waals surface area (Å²) in [6.07, 6.45) is -4.06. The van der Waals surface area contributed by atoms with Crippen LogP contribution in [0.4, 0.5) is 17.6 Å². The molecule has 0 bridgehead atoms. The van der Waals surface area contributed by atoms with Gasteiger partial charge >= 0.3 is 6.18 Å². The van der Waals surface area contributed by atoms with Gasteiger partial charge in [0.05, 0.1) is 5.54 Å². The molecule has 1 aliphatic rings. The van der Waals surface area contributed by atoms with Crippen LogP contribution in [0, 0.1) is 17.7 Å². The zero-order chi connectivity index (χ0) is 21.2. The maximum absolute atomic E-state index is 14.7. The molecule has 0 amide bonds. The Labute approximate surface area is 166 Å². The standard InChI is InChI=1S/C21H19F4N3O/c1-4-5-13-8-15(12-27-11-13)14-6-7-17(22)16(9-14)20(2)10-18(21(23,24)25)29-19(26-3)28-20/h6-9,11-12,18H,10H2,1-3H3,(H,26,28)/t18-,20-/m0/s1. The number of rotatable bonds is 2. The maximum atomic E-state index is 14.7. The Hall–Kier alpha value is -3.08. The SMILES string of the molecule is CC#Cc1cncc(-c2ccc(F)c([C@]3(C)C[C@@H](C(F)(F)F)OC(NC)=N3)c2)c1. The average Bonchev–Trinajstić information content (AvgIpc) is 2.67. The van der Waals surface area contributed by atoms with Gasteiger partial charge in [0.25, 0.3) is 6.02 Å². The fourth-order valence-corrected chi connectivity index (χ4v) is 3.23. The monoisotopic (exact) mass is 405 g/mol. The van der Waals surface area contributed by atoms with Gasteiger partial charge < -0.3 is 10.1 Å². The second-order valence-corrected chi connectivity index (χ2v) is 6.82. The molecule has 0 saturated heterocycles. The maximum Gasteiger partial charge on any atom is 0.425 e. The summed E-state index contributed by atoms with van der Waals surface area (Å²) in [6, 6.07) is 5.78. The second kappa shape index (κ2) is 7.74. The highest BCUT2D eigenvalue weighted by atomic mass is 19.4. The third-order valence-electron chi connectivity index (χ3n) is 4.65. The molecule has 1 aromatic carbocycles. The normalized spacial score (nSPS) is 21.5. The molecule has 4 nitrogen and oxygen atoms in total. The van der Waals surface area contributed by atoms with Crippen molar-refractivity contribution in [3.05, 3.63) is 53.6 Å². The van der Waals surface area contributed by atoms with E-state index < -0.39 is 30.1 Å². The summed E-state index contributed by atoms with van der Waals surface area (Å²) in [6.45, 7) is 3.16. The molecule has 1 aliphatic heterocycles. The summed E-state index contributed by atoms with van der Waals surface area (Å²) in [4.78, 5) is 8.34. The predicted molar refractivity (Wildman–Crippen MR) is 102 cm³/mol. The van der Waals surface area contributed by atoms with E-state index in [1.54, 1.807) is 31.5 Å². The van der Waals surface area contributed by atoms with E-state index in [-0.39, 0.29) is 11.6 Å². The summed E-state index contributed by atoms with van der Waals surface area (Å²) in [5.74, 6) is 5.03. The van der Waals surface area contributed by atoms with E-state index in [1.165, 1.54) is 26.1 Å². The van der Waals surface area contributed by atoms with Gasteiger partial charge in [0.15, 0.2) is 6.10 Å². The number of nitrogens with zero attached hydrogens (tertiary/aromatic N) is 2. The van der Waals surface area contributed by atoms with Crippen LogP contribution in [0.2, 0.25) is 0 Å². The molecular formula is C21H19F4N3O. The molecule has 2 atom stereocenters. The van der Waals surface area contributed by atoms with E-state index >= 15 is 0 Å². The highest BCUT2D eigenvalue weighted by Gasteiger charge is 2.50. The van der Waals surface area contributed by atoms with Crippen LogP contribution in [0.15, 0.2) is 41.7 Å². The topological polar surface area (TPSA) is 46.5 Å². The minimum Gasteiger partial charge on any atom is -0.452 e. The van der Waals surface area contributed by atoms with E-state index in [9.17, 15) is 17.6 Å². The summed E-state index contributed by atoms with van der Waals surface area (Å²) in [7, 11) is 1.40. The summed E-state index contributed by atoms with van der Waals surface area (Å²) in [5, 5.41) is 2.50. The number of nitrogens with one attached hydrogen (secondary N) is 1. The van der Waals surface area contributed by atoms with Crippen molar-refractivity contribution in [2.45, 2.75) is 38.1 Å². The van der Waals surface area contributed by atoms with Gasteiger partial charge in [-0.2, -0.15) is 13.2 Å². The van der Waals surface area contributed by atoms with Gasteiger partial charge in [0.2, 0.25) is 0 Å². The molecule has 2 aromatic rings. The van der Waals surface area contributed by atoms with Crippen LogP contribution in [-0.2, 0) is 10.3 Å². The van der Waals surface area contributed by atoms with Crippen LogP contribution in [-0.4, -0.2) is 30.3 Å². The van der Waals surface area contributed by atoms with Gasteiger partial charge in [0.1, 0.15) is 5.82 Å². The van der Waals surface area contributed by atoms with E-state index in [2.05, 4.69) is 27.1 Å². The lowest BCUT2D eigenvalue weighted by atomic mass is 9.84. The predicted octanol–water partition coefficient (Wildman–Crippen LogP) is 4.40. The first-order valence-electron chi connectivity index (χ1n) is 8.85. The molecule has 0 fully saturated rings. The molecule has 0 saturated carbocycles. The van der Waals surface area contributed by atoms with Gasteiger partial charge in [-0.25, -0.2) is 9.38 Å². The molecule has 152 valence electrons. The Balaban J connectivity index is 2.09. The van der Waals surface area contributed by atoms with Crippen molar-refractivity contribution in [2.75, 3.05) is 7.05 Å². The highest BCUT2D eigenvalue weighted by Crippen LogP contribution is 2.41. The van der Waals surface area contributed by atoms with E-state index in [0.29, 0.717) is 16.7 Å². The third kappa shape index (κ3) is 4.34. The molecular weight excluding hydrogens is 386 g/mol. The van der Waals surface area contributed by atoms with Gasteiger partial charge in [0, 0.05) is 42.6 Å². The molecule has 0 radical (unpaired) electrons. The lowest BCUT2D eigenvalue weighted by Crippen LogP contribution is -2.46. The first-order valence-corrected chi connectivity index (χ1v) is 8.85. The Morgan fingerprint density at radius 2 is 1.97 bits per heavy atom. The zero-order valence-corrected chi connectivity index (χ0v) is 16.1. The molecule has 1 aromatic heterocycles. The Kier molecular flexibility index (Phi) is 5.51. The minimum absolute atomic E-state index is 0.0484. The number of aromatic nitrogens is 1. The fourth-order valence-electron chi connectivity index (χ4n) is 3.23. The number of alkyl halides is 3. The Morgan fingerprint density at radius 1 is 1.21 bits per heavy atom. The van der Waals surface area contributed by atoms with Gasteiger partial charge in [-0.3, -0.25) is 4.98 Å². The molecule has 0 spiro atoms. The van der Waals surface area contributed by atoms with Crippen molar-refractivity contribution in [3.63, 3.8) is 0 Å². The highest BCUT2D eigenvalue weighted by molar-refractivity contribution is 5.75. The van der Waals surface area contributed by atoms with Crippen molar-refractivity contribution in [3.8, 4) is 23.0 Å². The molecule has 8 heteroatoms. The molecule has 3 rings (SSSR count). The van der Waals surface area contributed by atoms with Crippen molar-refractivity contribution < 1.29 is 22.3 Å². The number of benzene rings is 1. The molecule has 29 heavy (non-hydrogen) atoms. The third-order valence-corrected chi connectivity index (χ3v) is 4.65.